The van der Waals surface area contributed by atoms with Crippen molar-refractivity contribution in [2.75, 3.05) is 46.6 Å². The first kappa shape index (κ1) is 16.7. The van der Waals surface area contributed by atoms with E-state index in [1.807, 2.05) is 0 Å². The van der Waals surface area contributed by atoms with E-state index in [0.29, 0.717) is 39.5 Å². The summed E-state index contributed by atoms with van der Waals surface area (Å²) in [4.78, 5) is 24.1. The van der Waals surface area contributed by atoms with Crippen LogP contribution in [0.5, 0.6) is 0 Å². The number of carbonyl (C=O) groups is 2. The number of hydrogen-bond donors (Lipinski definition) is 2. The van der Waals surface area contributed by atoms with E-state index in [2.05, 4.69) is 5.32 Å². The lowest BCUT2D eigenvalue weighted by molar-refractivity contribution is -0.138. The smallest absolute Gasteiger partial charge is 0.317 e. The zero-order valence-corrected chi connectivity index (χ0v) is 12.0. The summed E-state index contributed by atoms with van der Waals surface area (Å²) in [6.45, 7) is 3.45. The van der Waals surface area contributed by atoms with Gasteiger partial charge in [0.05, 0.1) is 13.2 Å². The monoisotopic (exact) mass is 288 g/mol. The zero-order valence-electron chi connectivity index (χ0n) is 12.0. The number of hydrogen-bond acceptors (Lipinski definition) is 4. The molecule has 1 aliphatic rings. The van der Waals surface area contributed by atoms with Gasteiger partial charge in [0.15, 0.2) is 0 Å². The summed E-state index contributed by atoms with van der Waals surface area (Å²) >= 11 is 0. The predicted molar refractivity (Wildman–Crippen MR) is 72.6 cm³/mol. The second-order valence-electron chi connectivity index (χ2n) is 4.89. The van der Waals surface area contributed by atoms with Gasteiger partial charge in [-0.1, -0.05) is 0 Å². The summed E-state index contributed by atoms with van der Waals surface area (Å²) < 4.78 is 10.1. The molecule has 7 nitrogen and oxygen atoms in total. The fourth-order valence-corrected chi connectivity index (χ4v) is 2.16. The van der Waals surface area contributed by atoms with E-state index in [1.165, 1.54) is 0 Å². The van der Waals surface area contributed by atoms with E-state index in [1.54, 1.807) is 12.0 Å². The summed E-state index contributed by atoms with van der Waals surface area (Å²) in [5.74, 6) is -0.721. The number of ether oxygens (including phenoxy) is 2. The van der Waals surface area contributed by atoms with E-state index < -0.39 is 5.97 Å². The lowest BCUT2D eigenvalue weighted by Gasteiger charge is -2.17. The van der Waals surface area contributed by atoms with Crippen molar-refractivity contribution in [1.29, 1.82) is 0 Å². The molecular weight excluding hydrogens is 264 g/mol. The minimum atomic E-state index is -0.800. The number of carboxylic acid groups (broad SMARTS) is 1. The molecule has 116 valence electrons. The van der Waals surface area contributed by atoms with Crippen molar-refractivity contribution in [3.05, 3.63) is 0 Å². The third-order valence-corrected chi connectivity index (χ3v) is 3.21. The summed E-state index contributed by atoms with van der Waals surface area (Å²) in [6.07, 6.45) is 1.65. The Bertz CT molecular complexity index is 311. The molecule has 1 unspecified atom stereocenters. The molecular formula is C13H24N2O5. The number of likely N-dealkylation sites (tertiary alicyclic amines) is 1. The third-order valence-electron chi connectivity index (χ3n) is 3.21. The first-order chi connectivity index (χ1) is 9.63. The fourth-order valence-electron chi connectivity index (χ4n) is 2.16. The Hall–Kier alpha value is -1.34. The summed E-state index contributed by atoms with van der Waals surface area (Å²) in [5.41, 5.74) is 0. The summed E-state index contributed by atoms with van der Waals surface area (Å²) in [5, 5.41) is 11.5. The SMILES string of the molecule is COCCOCCCNC(=O)N1CCC(CC(=O)O)C1. The average molecular weight is 288 g/mol. The first-order valence-corrected chi connectivity index (χ1v) is 6.94. The van der Waals surface area contributed by atoms with Crippen LogP contribution in [-0.4, -0.2) is 68.6 Å². The first-order valence-electron chi connectivity index (χ1n) is 6.94. The number of amides is 2. The van der Waals surface area contributed by atoms with Gasteiger partial charge in [-0.15, -0.1) is 0 Å². The van der Waals surface area contributed by atoms with Crippen LogP contribution in [-0.2, 0) is 14.3 Å². The van der Waals surface area contributed by atoms with Gasteiger partial charge in [-0.3, -0.25) is 4.79 Å². The highest BCUT2D eigenvalue weighted by atomic mass is 16.5. The van der Waals surface area contributed by atoms with Crippen LogP contribution < -0.4 is 5.32 Å². The van der Waals surface area contributed by atoms with Gasteiger partial charge in [0.2, 0.25) is 0 Å². The summed E-state index contributed by atoms with van der Waals surface area (Å²) in [7, 11) is 1.62. The van der Waals surface area contributed by atoms with Crippen LogP contribution in [0.4, 0.5) is 4.79 Å². The van der Waals surface area contributed by atoms with Gasteiger partial charge in [-0.2, -0.15) is 0 Å². The van der Waals surface area contributed by atoms with Crippen LogP contribution in [0.25, 0.3) is 0 Å². The molecule has 0 aromatic carbocycles. The number of aliphatic carboxylic acids is 1. The molecule has 2 amide bonds. The molecule has 0 aromatic heterocycles. The molecule has 0 aromatic rings. The van der Waals surface area contributed by atoms with Crippen molar-refractivity contribution in [1.82, 2.24) is 10.2 Å². The van der Waals surface area contributed by atoms with E-state index in [0.717, 1.165) is 12.8 Å². The Kier molecular flexibility index (Phi) is 7.98. The molecule has 1 atom stereocenters. The van der Waals surface area contributed by atoms with E-state index in [-0.39, 0.29) is 18.4 Å². The maximum atomic E-state index is 11.8. The lowest BCUT2D eigenvalue weighted by Crippen LogP contribution is -2.39. The van der Waals surface area contributed by atoms with E-state index in [4.69, 9.17) is 14.6 Å². The van der Waals surface area contributed by atoms with Gasteiger partial charge < -0.3 is 24.8 Å². The molecule has 1 saturated heterocycles. The van der Waals surface area contributed by atoms with Gasteiger partial charge >= 0.3 is 12.0 Å². The Morgan fingerprint density at radius 3 is 2.85 bits per heavy atom. The van der Waals surface area contributed by atoms with Crippen LogP contribution in [0.3, 0.4) is 0 Å². The number of urea groups is 1. The molecule has 1 heterocycles. The topological polar surface area (TPSA) is 88.1 Å². The van der Waals surface area contributed by atoms with Crippen LogP contribution >= 0.6 is 0 Å². The largest absolute Gasteiger partial charge is 0.481 e. The standard InChI is InChI=1S/C13H24N2O5/c1-19-7-8-20-6-2-4-14-13(18)15-5-3-11(10-15)9-12(16)17/h11H,2-10H2,1H3,(H,14,18)(H,16,17). The van der Waals surface area contributed by atoms with Crippen LogP contribution in [0.2, 0.25) is 0 Å². The number of rotatable bonds is 9. The molecule has 1 aliphatic heterocycles. The second-order valence-corrected chi connectivity index (χ2v) is 4.89. The van der Waals surface area contributed by atoms with Crippen molar-refractivity contribution >= 4 is 12.0 Å². The van der Waals surface area contributed by atoms with Crippen LogP contribution in [0.15, 0.2) is 0 Å². The van der Waals surface area contributed by atoms with Crippen molar-refractivity contribution in [2.24, 2.45) is 5.92 Å². The van der Waals surface area contributed by atoms with Crippen LogP contribution in [0, 0.1) is 5.92 Å². The molecule has 0 bridgehead atoms. The van der Waals surface area contributed by atoms with Crippen molar-refractivity contribution in [3.8, 4) is 0 Å². The maximum absolute atomic E-state index is 11.8. The number of carbonyl (C=O) groups excluding carboxylic acids is 1. The Labute approximate surface area is 119 Å². The number of nitrogens with zero attached hydrogens (tertiary/aromatic N) is 1. The van der Waals surface area contributed by atoms with Gasteiger partial charge in [0, 0.05) is 39.8 Å². The molecule has 0 saturated carbocycles. The van der Waals surface area contributed by atoms with Gasteiger partial charge in [-0.05, 0) is 18.8 Å². The lowest BCUT2D eigenvalue weighted by atomic mass is 10.1. The number of nitrogens with one attached hydrogen (secondary N) is 1. The van der Waals surface area contributed by atoms with E-state index >= 15 is 0 Å². The second kappa shape index (κ2) is 9.55. The van der Waals surface area contributed by atoms with E-state index in [9.17, 15) is 9.59 Å². The Morgan fingerprint density at radius 2 is 2.15 bits per heavy atom. The molecule has 1 fully saturated rings. The minimum absolute atomic E-state index is 0.0793. The quantitative estimate of drug-likeness (QED) is 0.605. The third kappa shape index (κ3) is 6.72. The van der Waals surface area contributed by atoms with Crippen molar-refractivity contribution < 1.29 is 24.2 Å². The van der Waals surface area contributed by atoms with Gasteiger partial charge in [-0.25, -0.2) is 4.79 Å². The average Bonchev–Trinajstić information content (AvgIpc) is 2.85. The fraction of sp³-hybridized carbons (Fsp3) is 0.846. The molecule has 2 N–H and O–H groups in total. The van der Waals surface area contributed by atoms with Crippen LogP contribution in [0.1, 0.15) is 19.3 Å². The number of carboxylic acids is 1. The zero-order chi connectivity index (χ0) is 14.8. The number of methoxy groups -OCH3 is 1. The summed E-state index contributed by atoms with van der Waals surface area (Å²) in [6, 6.07) is -0.116. The molecule has 20 heavy (non-hydrogen) atoms. The van der Waals surface area contributed by atoms with Gasteiger partial charge in [0.25, 0.3) is 0 Å². The van der Waals surface area contributed by atoms with Crippen molar-refractivity contribution in [2.45, 2.75) is 19.3 Å². The molecule has 1 rings (SSSR count). The highest BCUT2D eigenvalue weighted by molar-refractivity contribution is 5.74. The minimum Gasteiger partial charge on any atom is -0.481 e. The normalized spacial score (nSPS) is 18.2. The van der Waals surface area contributed by atoms with Crippen molar-refractivity contribution in [3.63, 3.8) is 0 Å². The Balaban J connectivity index is 2.04. The highest BCUT2D eigenvalue weighted by Gasteiger charge is 2.27. The molecule has 0 spiro atoms. The molecule has 7 heteroatoms. The molecule has 0 radical (unpaired) electrons. The molecule has 0 aliphatic carbocycles. The Morgan fingerprint density at radius 1 is 1.35 bits per heavy atom. The maximum Gasteiger partial charge on any atom is 0.317 e. The predicted octanol–water partition coefficient (Wildman–Crippen LogP) is 0.546. The van der Waals surface area contributed by atoms with Gasteiger partial charge in [0.1, 0.15) is 0 Å². The highest BCUT2D eigenvalue weighted by Crippen LogP contribution is 2.19.